The fraction of sp³-hybridized carbons (Fsp3) is 0.268. The van der Waals surface area contributed by atoms with Crippen molar-refractivity contribution in [2.45, 2.75) is 9.49 Å². The van der Waals surface area contributed by atoms with Crippen molar-refractivity contribution in [2.75, 3.05) is 83.5 Å². The molecule has 0 unspecified atom stereocenters. The number of nitrogens with one attached hydrogen (secondary N) is 2. The molecule has 0 saturated heterocycles. The van der Waals surface area contributed by atoms with Gasteiger partial charge in [-0.05, 0) is 33.4 Å². The molecule has 5 N–H and O–H groups in total. The van der Waals surface area contributed by atoms with Gasteiger partial charge in [-0.15, -0.1) is 23.5 Å². The first-order valence-electron chi connectivity index (χ1n) is 23.5. The van der Waals surface area contributed by atoms with Crippen LogP contribution in [0.1, 0.15) is 33.4 Å². The monoisotopic (exact) mass is 995 g/mol. The number of thioether (sulfide) groups is 2. The topological polar surface area (TPSA) is 180 Å². The Morgan fingerprint density at radius 1 is 0.352 bits per heavy atom. The summed E-state index contributed by atoms with van der Waals surface area (Å²) >= 11 is 3.37. The zero-order valence-corrected chi connectivity index (χ0v) is 41.2. The minimum Gasteiger partial charge on any atom is -0.480 e. The number of benzene rings is 6. The fourth-order valence-corrected chi connectivity index (χ4v) is 11.5. The van der Waals surface area contributed by atoms with E-state index in [9.17, 15) is 39.3 Å². The van der Waals surface area contributed by atoms with Crippen molar-refractivity contribution in [3.63, 3.8) is 0 Å². The predicted molar refractivity (Wildman–Crippen MR) is 282 cm³/mol. The number of hydrogen-bond acceptors (Lipinski definition) is 10. The Kier molecular flexibility index (Phi) is 20.8. The average molecular weight is 996 g/mol. The largest absolute Gasteiger partial charge is 0.480 e. The maximum absolute atomic E-state index is 13.4. The van der Waals surface area contributed by atoms with Gasteiger partial charge in [0.2, 0.25) is 11.8 Å². The third kappa shape index (κ3) is 15.6. The highest BCUT2D eigenvalue weighted by atomic mass is 32.2. The molecule has 0 aliphatic heterocycles. The van der Waals surface area contributed by atoms with Gasteiger partial charge in [0.15, 0.2) is 0 Å². The van der Waals surface area contributed by atoms with Crippen LogP contribution in [0, 0.1) is 0 Å². The van der Waals surface area contributed by atoms with Crippen LogP contribution in [-0.2, 0) is 33.5 Å². The molecule has 370 valence electrons. The third-order valence-corrected chi connectivity index (χ3v) is 14.9. The molecule has 0 aliphatic carbocycles. The highest BCUT2D eigenvalue weighted by molar-refractivity contribution is 8.00. The Balaban J connectivity index is 1.03. The van der Waals surface area contributed by atoms with Crippen molar-refractivity contribution in [2.24, 2.45) is 0 Å². The van der Waals surface area contributed by atoms with Crippen LogP contribution in [0.25, 0.3) is 0 Å². The Hall–Kier alpha value is -6.75. The Morgan fingerprint density at radius 3 is 0.817 bits per heavy atom. The number of rotatable bonds is 30. The standard InChI is InChI=1S/C56H61N5O8S2/c62-50(57-31-37-70-55(44-19-7-1-8-20-44,45-21-9-2-10-22-45)46-23-11-3-12-24-46)39-60(42-53(66)67)35-33-59(41-52(64)65)34-36-61(43-54(68)69)40-51(63)58-32-38-71-56(47-25-13-4-14-26-47,48-27-15-5-16-28-48)49-29-17-6-18-30-49/h1-30H,31-43H2,(H,57,62)(H,58,63)(H,64,65)(H,66,67)(H,68,69). The number of nitrogens with zero attached hydrogens (tertiary/aromatic N) is 3. The highest BCUT2D eigenvalue weighted by Crippen LogP contribution is 2.49. The summed E-state index contributed by atoms with van der Waals surface area (Å²) in [4.78, 5) is 67.1. The molecule has 13 nitrogen and oxygen atoms in total. The van der Waals surface area contributed by atoms with Crippen LogP contribution in [0.2, 0.25) is 0 Å². The van der Waals surface area contributed by atoms with Crippen LogP contribution in [0.4, 0.5) is 0 Å². The minimum absolute atomic E-state index is 0.0361. The van der Waals surface area contributed by atoms with Gasteiger partial charge in [-0.25, -0.2) is 0 Å². The third-order valence-electron chi connectivity index (χ3n) is 11.8. The summed E-state index contributed by atoms with van der Waals surface area (Å²) in [7, 11) is 0. The first-order chi connectivity index (χ1) is 34.5. The van der Waals surface area contributed by atoms with Crippen LogP contribution in [0.15, 0.2) is 182 Å². The number of amides is 2. The minimum atomic E-state index is -1.15. The lowest BCUT2D eigenvalue weighted by Gasteiger charge is -2.35. The average Bonchev–Trinajstić information content (AvgIpc) is 3.38. The van der Waals surface area contributed by atoms with E-state index in [4.69, 9.17) is 0 Å². The first kappa shape index (κ1) is 53.6. The molecule has 0 aromatic heterocycles. The highest BCUT2D eigenvalue weighted by Gasteiger charge is 2.38. The molecule has 0 fully saturated rings. The van der Waals surface area contributed by atoms with Gasteiger partial charge in [-0.2, -0.15) is 0 Å². The fourth-order valence-electron chi connectivity index (χ4n) is 8.68. The lowest BCUT2D eigenvalue weighted by molar-refractivity contribution is -0.141. The van der Waals surface area contributed by atoms with E-state index in [1.54, 1.807) is 28.4 Å². The molecule has 0 heterocycles. The lowest BCUT2D eigenvalue weighted by Crippen LogP contribution is -2.47. The quantitative estimate of drug-likeness (QED) is 0.0235. The van der Waals surface area contributed by atoms with Crippen molar-refractivity contribution >= 4 is 53.2 Å². The van der Waals surface area contributed by atoms with Gasteiger partial charge in [0.1, 0.15) is 0 Å². The van der Waals surface area contributed by atoms with Gasteiger partial charge in [0.25, 0.3) is 0 Å². The van der Waals surface area contributed by atoms with Gasteiger partial charge < -0.3 is 26.0 Å². The molecule has 6 rings (SSSR count). The molecule has 2 amide bonds. The summed E-state index contributed by atoms with van der Waals surface area (Å²) in [6, 6.07) is 61.1. The van der Waals surface area contributed by atoms with Crippen LogP contribution in [0.3, 0.4) is 0 Å². The molecule has 0 saturated carbocycles. The molecule has 71 heavy (non-hydrogen) atoms. The molecule has 0 atom stereocenters. The molecule has 0 bridgehead atoms. The normalized spacial score (nSPS) is 11.6. The van der Waals surface area contributed by atoms with Gasteiger partial charge in [-0.3, -0.25) is 38.7 Å². The van der Waals surface area contributed by atoms with E-state index in [0.717, 1.165) is 33.4 Å². The van der Waals surface area contributed by atoms with Crippen molar-refractivity contribution in [3.05, 3.63) is 215 Å². The molecule has 0 aliphatic rings. The van der Waals surface area contributed by atoms with E-state index in [0.29, 0.717) is 24.6 Å². The van der Waals surface area contributed by atoms with E-state index < -0.39 is 47.0 Å². The summed E-state index contributed by atoms with van der Waals surface area (Å²) in [5.41, 5.74) is 6.50. The maximum Gasteiger partial charge on any atom is 0.317 e. The summed E-state index contributed by atoms with van der Waals surface area (Å²) in [6.45, 7) is -1.05. The summed E-state index contributed by atoms with van der Waals surface area (Å²) in [5, 5.41) is 35.2. The van der Waals surface area contributed by atoms with Crippen molar-refractivity contribution in [1.29, 1.82) is 0 Å². The summed E-state index contributed by atoms with van der Waals surface area (Å²) < 4.78 is -1.16. The SMILES string of the molecule is O=C(O)CN(CCN(CC(=O)O)CC(=O)NCCSC(c1ccccc1)(c1ccccc1)c1ccccc1)CCN(CC(=O)O)CC(=O)NCCSC(c1ccccc1)(c1ccccc1)c1ccccc1. The molecule has 6 aromatic carbocycles. The Labute approximate surface area is 424 Å². The molecular formula is C56H61N5O8S2. The van der Waals surface area contributed by atoms with E-state index in [1.807, 2.05) is 109 Å². The number of carbonyl (C=O) groups is 5. The van der Waals surface area contributed by atoms with E-state index >= 15 is 0 Å². The zero-order valence-electron chi connectivity index (χ0n) is 39.6. The van der Waals surface area contributed by atoms with E-state index in [1.165, 1.54) is 9.80 Å². The number of carboxylic acids is 3. The summed E-state index contributed by atoms with van der Waals surface area (Å²) in [6.07, 6.45) is 0. The molecule has 0 spiro atoms. The van der Waals surface area contributed by atoms with Crippen LogP contribution < -0.4 is 10.6 Å². The predicted octanol–water partition coefficient (Wildman–Crippen LogP) is 6.83. The number of carbonyl (C=O) groups excluding carboxylic acids is 2. The second-order valence-corrected chi connectivity index (χ2v) is 19.5. The maximum atomic E-state index is 13.4. The van der Waals surface area contributed by atoms with Crippen LogP contribution >= 0.6 is 23.5 Å². The van der Waals surface area contributed by atoms with E-state index in [2.05, 4.69) is 83.4 Å². The van der Waals surface area contributed by atoms with Crippen LogP contribution in [0.5, 0.6) is 0 Å². The number of hydrogen-bond donors (Lipinski definition) is 5. The zero-order chi connectivity index (χ0) is 50.3. The van der Waals surface area contributed by atoms with Gasteiger partial charge in [0.05, 0.1) is 42.2 Å². The van der Waals surface area contributed by atoms with Crippen molar-refractivity contribution < 1.29 is 39.3 Å². The first-order valence-corrected chi connectivity index (χ1v) is 25.4. The lowest BCUT2D eigenvalue weighted by atomic mass is 9.84. The molecule has 0 radical (unpaired) electrons. The van der Waals surface area contributed by atoms with Gasteiger partial charge in [-0.1, -0.05) is 182 Å². The summed E-state index contributed by atoms with van der Waals surface area (Å²) in [5.74, 6) is -3.17. The smallest absolute Gasteiger partial charge is 0.317 e. The molecule has 15 heteroatoms. The van der Waals surface area contributed by atoms with Gasteiger partial charge in [0, 0.05) is 50.8 Å². The van der Waals surface area contributed by atoms with Gasteiger partial charge >= 0.3 is 17.9 Å². The Bertz CT molecular complexity index is 2220. The van der Waals surface area contributed by atoms with Crippen molar-refractivity contribution in [3.8, 4) is 0 Å². The Morgan fingerprint density at radius 2 is 0.577 bits per heavy atom. The van der Waals surface area contributed by atoms with E-state index in [-0.39, 0.29) is 51.1 Å². The van der Waals surface area contributed by atoms with Crippen molar-refractivity contribution in [1.82, 2.24) is 25.3 Å². The second-order valence-electron chi connectivity index (χ2n) is 16.8. The number of carboxylic acid groups (broad SMARTS) is 3. The number of aliphatic carboxylic acids is 3. The molecule has 6 aromatic rings. The van der Waals surface area contributed by atoms with Crippen LogP contribution in [-0.4, -0.2) is 143 Å². The second kappa shape index (κ2) is 27.6. The molecular weight excluding hydrogens is 935 g/mol.